The normalized spacial score (nSPS) is 24.3. The number of rotatable bonds is 3. The van der Waals surface area contributed by atoms with Gasteiger partial charge in [-0.15, -0.1) is 24.8 Å². The third kappa shape index (κ3) is 2.70. The van der Waals surface area contributed by atoms with Crippen LogP contribution in [-0.4, -0.2) is 29.1 Å². The van der Waals surface area contributed by atoms with Gasteiger partial charge in [-0.3, -0.25) is 4.79 Å². The van der Waals surface area contributed by atoms with E-state index in [-0.39, 0.29) is 36.6 Å². The van der Waals surface area contributed by atoms with Crippen LogP contribution in [0.15, 0.2) is 18.3 Å². The van der Waals surface area contributed by atoms with Gasteiger partial charge in [0.2, 0.25) is 0 Å². The Morgan fingerprint density at radius 2 is 2.06 bits per heavy atom. The number of aromatic nitrogens is 1. The monoisotopic (exact) mass is 290 g/mol. The number of aliphatic carboxylic acids is 1. The average molecular weight is 291 g/mol. The summed E-state index contributed by atoms with van der Waals surface area (Å²) in [6, 6.07) is 4.03. The zero-order valence-electron chi connectivity index (χ0n) is 9.78. The zero-order chi connectivity index (χ0) is 11.1. The number of anilines is 1. The second kappa shape index (κ2) is 5.76. The number of pyridine rings is 1. The van der Waals surface area contributed by atoms with Crippen LogP contribution in [0.4, 0.5) is 5.82 Å². The second-order valence-corrected chi connectivity index (χ2v) is 4.58. The fourth-order valence-electron chi connectivity index (χ4n) is 2.19. The molecule has 1 N–H and O–H groups in total. The van der Waals surface area contributed by atoms with Crippen molar-refractivity contribution in [3.8, 4) is 0 Å². The number of carbonyl (C=O) groups is 1. The highest BCUT2D eigenvalue weighted by Gasteiger charge is 2.44. The molecule has 0 bridgehead atoms. The minimum absolute atomic E-state index is 0. The van der Waals surface area contributed by atoms with Crippen molar-refractivity contribution >= 4 is 36.6 Å². The molecule has 1 aromatic heterocycles. The average Bonchev–Trinajstić information content (AvgIpc) is 2.96. The molecule has 18 heavy (non-hydrogen) atoms. The summed E-state index contributed by atoms with van der Waals surface area (Å²) in [7, 11) is 0. The van der Waals surface area contributed by atoms with Crippen LogP contribution in [0.3, 0.4) is 0 Å². The molecule has 100 valence electrons. The topological polar surface area (TPSA) is 53.4 Å². The van der Waals surface area contributed by atoms with Crippen LogP contribution in [0.2, 0.25) is 0 Å². The highest BCUT2D eigenvalue weighted by Crippen LogP contribution is 2.47. The summed E-state index contributed by atoms with van der Waals surface area (Å²) < 4.78 is 0. The Kier molecular flexibility index (Phi) is 4.82. The van der Waals surface area contributed by atoms with Crippen molar-refractivity contribution in [2.45, 2.75) is 18.8 Å². The maximum atomic E-state index is 10.7. The number of halogens is 2. The van der Waals surface area contributed by atoms with Gasteiger partial charge in [-0.2, -0.15) is 0 Å². The quantitative estimate of drug-likeness (QED) is 0.928. The maximum Gasteiger partial charge on any atom is 0.307 e. The third-order valence-electron chi connectivity index (χ3n) is 3.49. The highest BCUT2D eigenvalue weighted by atomic mass is 35.5. The van der Waals surface area contributed by atoms with Crippen LogP contribution in [0, 0.1) is 5.92 Å². The van der Waals surface area contributed by atoms with Gasteiger partial charge in [-0.05, 0) is 30.4 Å². The first-order valence-corrected chi connectivity index (χ1v) is 5.69. The fraction of sp³-hybridized carbons (Fsp3) is 0.500. The van der Waals surface area contributed by atoms with Crippen LogP contribution >= 0.6 is 24.8 Å². The number of hydrogen-bond acceptors (Lipinski definition) is 3. The summed E-state index contributed by atoms with van der Waals surface area (Å²) in [5.41, 5.74) is 1.07. The van der Waals surface area contributed by atoms with Crippen LogP contribution in [0.1, 0.15) is 24.3 Å². The Hall–Kier alpha value is -1.00. The summed E-state index contributed by atoms with van der Waals surface area (Å²) in [5.74, 6) is 0.339. The van der Waals surface area contributed by atoms with Crippen LogP contribution in [0.5, 0.6) is 0 Å². The SMILES string of the molecule is Cl.Cl.O=C(O)C1CC1c1ccc(N2CCC2)nc1. The van der Waals surface area contributed by atoms with Crippen molar-refractivity contribution in [2.75, 3.05) is 18.0 Å². The van der Waals surface area contributed by atoms with E-state index in [1.54, 1.807) is 0 Å². The molecule has 6 heteroatoms. The summed E-state index contributed by atoms with van der Waals surface area (Å²) in [6.07, 6.45) is 3.84. The lowest BCUT2D eigenvalue weighted by Gasteiger charge is -2.31. The molecule has 2 fully saturated rings. The smallest absolute Gasteiger partial charge is 0.307 e. The molecular weight excluding hydrogens is 275 g/mol. The summed E-state index contributed by atoms with van der Waals surface area (Å²) in [6.45, 7) is 2.18. The van der Waals surface area contributed by atoms with E-state index in [0.717, 1.165) is 30.9 Å². The number of nitrogens with zero attached hydrogens (tertiary/aromatic N) is 2. The van der Waals surface area contributed by atoms with Crippen LogP contribution < -0.4 is 4.90 Å². The van der Waals surface area contributed by atoms with Crippen LogP contribution in [0.25, 0.3) is 0 Å². The third-order valence-corrected chi connectivity index (χ3v) is 3.49. The van der Waals surface area contributed by atoms with Crippen molar-refractivity contribution in [1.29, 1.82) is 0 Å². The molecule has 0 aromatic carbocycles. The molecule has 1 aliphatic heterocycles. The maximum absolute atomic E-state index is 10.7. The molecule has 2 aliphatic rings. The Morgan fingerprint density at radius 3 is 2.44 bits per heavy atom. The molecule has 0 spiro atoms. The van der Waals surface area contributed by atoms with Gasteiger partial charge in [0.25, 0.3) is 0 Å². The lowest BCUT2D eigenvalue weighted by atomic mass is 10.1. The molecule has 1 saturated heterocycles. The number of carboxylic acids is 1. The molecule has 1 saturated carbocycles. The van der Waals surface area contributed by atoms with Crippen molar-refractivity contribution < 1.29 is 9.90 Å². The highest BCUT2D eigenvalue weighted by molar-refractivity contribution is 5.85. The number of hydrogen-bond donors (Lipinski definition) is 1. The molecule has 3 rings (SSSR count). The molecule has 2 atom stereocenters. The van der Waals surface area contributed by atoms with Crippen molar-refractivity contribution in [3.63, 3.8) is 0 Å². The zero-order valence-corrected chi connectivity index (χ0v) is 11.4. The van der Waals surface area contributed by atoms with E-state index in [1.165, 1.54) is 6.42 Å². The Balaban J connectivity index is 0.000000810. The van der Waals surface area contributed by atoms with Gasteiger partial charge in [0.1, 0.15) is 5.82 Å². The molecule has 2 heterocycles. The summed E-state index contributed by atoms with van der Waals surface area (Å²) in [5, 5.41) is 8.85. The molecule has 1 aliphatic carbocycles. The van der Waals surface area contributed by atoms with E-state index < -0.39 is 5.97 Å². The van der Waals surface area contributed by atoms with Gasteiger partial charge < -0.3 is 10.0 Å². The van der Waals surface area contributed by atoms with Gasteiger partial charge in [-0.25, -0.2) is 4.98 Å². The van der Waals surface area contributed by atoms with Gasteiger partial charge in [0.05, 0.1) is 5.92 Å². The second-order valence-electron chi connectivity index (χ2n) is 4.58. The minimum Gasteiger partial charge on any atom is -0.481 e. The van der Waals surface area contributed by atoms with E-state index in [1.807, 2.05) is 18.3 Å². The summed E-state index contributed by atoms with van der Waals surface area (Å²) >= 11 is 0. The van der Waals surface area contributed by atoms with Gasteiger partial charge in [0.15, 0.2) is 0 Å². The van der Waals surface area contributed by atoms with E-state index in [9.17, 15) is 4.79 Å². The largest absolute Gasteiger partial charge is 0.481 e. The van der Waals surface area contributed by atoms with E-state index in [4.69, 9.17) is 5.11 Å². The van der Waals surface area contributed by atoms with Crippen molar-refractivity contribution in [3.05, 3.63) is 23.9 Å². The molecule has 1 aromatic rings. The van der Waals surface area contributed by atoms with Crippen molar-refractivity contribution in [2.24, 2.45) is 5.92 Å². The predicted molar refractivity (Wildman–Crippen MR) is 74.0 cm³/mol. The Morgan fingerprint density at radius 1 is 1.33 bits per heavy atom. The van der Waals surface area contributed by atoms with Gasteiger partial charge >= 0.3 is 5.97 Å². The minimum atomic E-state index is -0.684. The molecule has 0 amide bonds. The molecule has 0 radical (unpaired) electrons. The summed E-state index contributed by atoms with van der Waals surface area (Å²) in [4.78, 5) is 17.4. The van der Waals surface area contributed by atoms with E-state index in [2.05, 4.69) is 9.88 Å². The van der Waals surface area contributed by atoms with E-state index >= 15 is 0 Å². The predicted octanol–water partition coefficient (Wildman–Crippen LogP) is 2.32. The number of carboxylic acid groups (broad SMARTS) is 1. The van der Waals surface area contributed by atoms with Gasteiger partial charge in [-0.1, -0.05) is 6.07 Å². The lowest BCUT2D eigenvalue weighted by Crippen LogP contribution is -2.37. The first-order valence-electron chi connectivity index (χ1n) is 5.69. The molecular formula is C12H16Cl2N2O2. The molecule has 4 nitrogen and oxygen atoms in total. The fourth-order valence-corrected chi connectivity index (χ4v) is 2.19. The Bertz CT molecular complexity index is 421. The van der Waals surface area contributed by atoms with Gasteiger partial charge in [0, 0.05) is 19.3 Å². The van der Waals surface area contributed by atoms with Crippen LogP contribution in [-0.2, 0) is 4.79 Å². The first-order chi connectivity index (χ1) is 7.75. The standard InChI is InChI=1S/C12H14N2O2.2ClH/c15-12(16)10-6-9(10)8-2-3-11(13-7-8)14-4-1-5-14;;/h2-3,7,9-10H,1,4-6H2,(H,15,16);2*1H. The Labute approximate surface area is 118 Å². The lowest BCUT2D eigenvalue weighted by molar-refractivity contribution is -0.138. The first kappa shape index (κ1) is 15.1. The van der Waals surface area contributed by atoms with E-state index in [0.29, 0.717) is 0 Å². The molecule has 2 unspecified atom stereocenters. The van der Waals surface area contributed by atoms with Crippen molar-refractivity contribution in [1.82, 2.24) is 4.98 Å².